The number of nitrogens with zero attached hydrogens (tertiary/aromatic N) is 3. The van der Waals surface area contributed by atoms with E-state index in [1.807, 2.05) is 35.0 Å². The fourth-order valence-corrected chi connectivity index (χ4v) is 4.24. The van der Waals surface area contributed by atoms with Crippen molar-refractivity contribution in [3.63, 3.8) is 0 Å². The smallest absolute Gasteiger partial charge is 0.226 e. The summed E-state index contributed by atoms with van der Waals surface area (Å²) in [6.07, 6.45) is 2.34. The van der Waals surface area contributed by atoms with E-state index in [1.54, 1.807) is 0 Å². The quantitative estimate of drug-likeness (QED) is 0.683. The maximum Gasteiger partial charge on any atom is 0.226 e. The SMILES string of the molecule is CC(C)c1ccc(C2C3=C(CCCC3=O)Nc3nc(-c4ccccc4)nn32)cc1. The maximum atomic E-state index is 12.9. The second-order valence-electron chi connectivity index (χ2n) is 8.09. The first-order valence-corrected chi connectivity index (χ1v) is 10.3. The average molecular weight is 384 g/mol. The molecule has 3 aromatic rings. The number of hydrogen-bond donors (Lipinski definition) is 1. The van der Waals surface area contributed by atoms with Gasteiger partial charge in [-0.15, -0.1) is 5.10 Å². The van der Waals surface area contributed by atoms with Gasteiger partial charge in [-0.2, -0.15) is 4.98 Å². The van der Waals surface area contributed by atoms with Crippen LogP contribution in [0.5, 0.6) is 0 Å². The lowest BCUT2D eigenvalue weighted by atomic mass is 9.85. The number of nitrogens with one attached hydrogen (secondary N) is 1. The number of benzene rings is 2. The molecule has 1 unspecified atom stereocenters. The van der Waals surface area contributed by atoms with Crippen molar-refractivity contribution >= 4 is 11.7 Å². The predicted molar refractivity (Wildman–Crippen MR) is 114 cm³/mol. The monoisotopic (exact) mass is 384 g/mol. The highest BCUT2D eigenvalue weighted by atomic mass is 16.1. The van der Waals surface area contributed by atoms with Crippen LogP contribution in [0.4, 0.5) is 5.95 Å². The lowest BCUT2D eigenvalue weighted by Crippen LogP contribution is -2.31. The number of fused-ring (bicyclic) bond motifs is 1. The van der Waals surface area contributed by atoms with Gasteiger partial charge in [0.25, 0.3) is 0 Å². The molecule has 1 aliphatic carbocycles. The highest BCUT2D eigenvalue weighted by Crippen LogP contribution is 2.40. The summed E-state index contributed by atoms with van der Waals surface area (Å²) in [4.78, 5) is 17.7. The zero-order valence-corrected chi connectivity index (χ0v) is 16.7. The highest BCUT2D eigenvalue weighted by Gasteiger charge is 2.36. The minimum atomic E-state index is -0.236. The third-order valence-corrected chi connectivity index (χ3v) is 5.82. The number of carbonyl (C=O) groups is 1. The van der Waals surface area contributed by atoms with E-state index in [2.05, 4.69) is 43.4 Å². The van der Waals surface area contributed by atoms with E-state index in [4.69, 9.17) is 10.1 Å². The minimum Gasteiger partial charge on any atom is -0.328 e. The van der Waals surface area contributed by atoms with Crippen molar-refractivity contribution in [2.45, 2.75) is 45.1 Å². The summed E-state index contributed by atoms with van der Waals surface area (Å²) in [6.45, 7) is 4.37. The Morgan fingerprint density at radius 2 is 1.79 bits per heavy atom. The summed E-state index contributed by atoms with van der Waals surface area (Å²) in [5.41, 5.74) is 5.17. The van der Waals surface area contributed by atoms with Gasteiger partial charge >= 0.3 is 0 Å². The number of allylic oxidation sites excluding steroid dienone is 2. The van der Waals surface area contributed by atoms with Crippen LogP contribution in [-0.2, 0) is 4.79 Å². The molecular formula is C24H24N4O. The number of ketones is 1. The number of rotatable bonds is 3. The lowest BCUT2D eigenvalue weighted by molar-refractivity contribution is -0.116. The molecule has 1 aromatic heterocycles. The molecule has 146 valence electrons. The molecule has 2 aromatic carbocycles. The van der Waals surface area contributed by atoms with Gasteiger partial charge in [-0.1, -0.05) is 68.4 Å². The Hall–Kier alpha value is -3.21. The van der Waals surface area contributed by atoms with E-state index < -0.39 is 0 Å². The molecule has 5 rings (SSSR count). The van der Waals surface area contributed by atoms with E-state index >= 15 is 0 Å². The fourth-order valence-electron chi connectivity index (χ4n) is 4.24. The highest BCUT2D eigenvalue weighted by molar-refractivity contribution is 5.99. The Labute approximate surface area is 170 Å². The molecule has 0 saturated heterocycles. The van der Waals surface area contributed by atoms with Gasteiger partial charge in [-0.3, -0.25) is 4.79 Å². The number of Topliss-reactive ketones (excluding diaryl/α,β-unsaturated/α-hetero) is 1. The zero-order valence-electron chi connectivity index (χ0n) is 16.7. The van der Waals surface area contributed by atoms with Crippen LogP contribution in [0.1, 0.15) is 56.2 Å². The van der Waals surface area contributed by atoms with Crippen LogP contribution in [0, 0.1) is 0 Å². The van der Waals surface area contributed by atoms with E-state index in [0.717, 1.165) is 35.2 Å². The van der Waals surface area contributed by atoms with Crippen molar-refractivity contribution in [3.05, 3.63) is 77.0 Å². The lowest BCUT2D eigenvalue weighted by Gasteiger charge is -2.32. The van der Waals surface area contributed by atoms with Crippen LogP contribution in [-0.4, -0.2) is 20.5 Å². The molecule has 5 heteroatoms. The molecule has 5 nitrogen and oxygen atoms in total. The number of aromatic nitrogens is 3. The number of hydrogen-bond acceptors (Lipinski definition) is 4. The largest absolute Gasteiger partial charge is 0.328 e. The molecule has 1 aliphatic heterocycles. The topological polar surface area (TPSA) is 59.8 Å². The second-order valence-corrected chi connectivity index (χ2v) is 8.09. The molecule has 0 bridgehead atoms. The number of anilines is 1. The zero-order chi connectivity index (χ0) is 20.0. The van der Waals surface area contributed by atoms with Crippen LogP contribution in [0.3, 0.4) is 0 Å². The third kappa shape index (κ3) is 3.07. The van der Waals surface area contributed by atoms with Crippen molar-refractivity contribution in [1.82, 2.24) is 14.8 Å². The van der Waals surface area contributed by atoms with Crippen molar-refractivity contribution in [2.24, 2.45) is 0 Å². The summed E-state index contributed by atoms with van der Waals surface area (Å²) >= 11 is 0. The minimum absolute atomic E-state index is 0.207. The van der Waals surface area contributed by atoms with Gasteiger partial charge in [-0.05, 0) is 29.9 Å². The van der Waals surface area contributed by atoms with Crippen molar-refractivity contribution in [3.8, 4) is 11.4 Å². The Kier molecular flexibility index (Phi) is 4.31. The molecule has 0 saturated carbocycles. The van der Waals surface area contributed by atoms with Crippen molar-refractivity contribution < 1.29 is 4.79 Å². The summed E-state index contributed by atoms with van der Waals surface area (Å²) in [5.74, 6) is 2.05. The second kappa shape index (κ2) is 6.99. The summed E-state index contributed by atoms with van der Waals surface area (Å²) < 4.78 is 1.88. The summed E-state index contributed by atoms with van der Waals surface area (Å²) in [6, 6.07) is 18.3. The Morgan fingerprint density at radius 3 is 2.52 bits per heavy atom. The normalized spacial score (nSPS) is 18.4. The molecule has 0 spiro atoms. The molecule has 2 heterocycles. The molecular weight excluding hydrogens is 360 g/mol. The Morgan fingerprint density at radius 1 is 1.03 bits per heavy atom. The number of carbonyl (C=O) groups excluding carboxylic acids is 1. The van der Waals surface area contributed by atoms with Gasteiger partial charge in [0.1, 0.15) is 6.04 Å². The fraction of sp³-hybridized carbons (Fsp3) is 0.292. The Bertz CT molecular complexity index is 1090. The van der Waals surface area contributed by atoms with Gasteiger partial charge < -0.3 is 5.32 Å². The van der Waals surface area contributed by atoms with E-state index in [1.165, 1.54) is 5.56 Å². The van der Waals surface area contributed by atoms with Gasteiger partial charge in [0, 0.05) is 23.3 Å². The first-order chi connectivity index (χ1) is 14.1. The molecule has 1 atom stereocenters. The van der Waals surface area contributed by atoms with Gasteiger partial charge in [-0.25, -0.2) is 4.68 Å². The van der Waals surface area contributed by atoms with Crippen molar-refractivity contribution in [2.75, 3.05) is 5.32 Å². The third-order valence-electron chi connectivity index (χ3n) is 5.82. The van der Waals surface area contributed by atoms with Gasteiger partial charge in [0.05, 0.1) is 0 Å². The molecule has 0 radical (unpaired) electrons. The first kappa shape index (κ1) is 17.9. The van der Waals surface area contributed by atoms with Gasteiger partial charge in [0.2, 0.25) is 5.95 Å². The first-order valence-electron chi connectivity index (χ1n) is 10.3. The van der Waals surface area contributed by atoms with Crippen LogP contribution < -0.4 is 5.32 Å². The van der Waals surface area contributed by atoms with Crippen molar-refractivity contribution in [1.29, 1.82) is 0 Å². The van der Waals surface area contributed by atoms with Crippen LogP contribution in [0.25, 0.3) is 11.4 Å². The molecule has 2 aliphatic rings. The van der Waals surface area contributed by atoms with E-state index in [-0.39, 0.29) is 11.8 Å². The molecule has 0 amide bonds. The average Bonchev–Trinajstić information content (AvgIpc) is 3.17. The molecule has 29 heavy (non-hydrogen) atoms. The molecule has 1 N–H and O–H groups in total. The standard InChI is InChI=1S/C24H24N4O/c1-15(2)16-11-13-17(14-12-16)22-21-19(9-6-10-20(21)29)25-24-26-23(27-28(22)24)18-7-4-3-5-8-18/h3-5,7-8,11-15,22H,6,9-10H2,1-2H3,(H,25,26,27). The van der Waals surface area contributed by atoms with Crippen LogP contribution in [0.15, 0.2) is 65.9 Å². The van der Waals surface area contributed by atoms with Crippen LogP contribution >= 0.6 is 0 Å². The summed E-state index contributed by atoms with van der Waals surface area (Å²) in [5, 5.41) is 8.22. The van der Waals surface area contributed by atoms with Crippen LogP contribution in [0.2, 0.25) is 0 Å². The Balaban J connectivity index is 1.65. The maximum absolute atomic E-state index is 12.9. The predicted octanol–water partition coefficient (Wildman–Crippen LogP) is 5.09. The molecule has 0 fully saturated rings. The van der Waals surface area contributed by atoms with E-state index in [0.29, 0.717) is 24.1 Å². The van der Waals surface area contributed by atoms with Gasteiger partial charge in [0.15, 0.2) is 11.6 Å². The summed E-state index contributed by atoms with van der Waals surface area (Å²) in [7, 11) is 0. The van der Waals surface area contributed by atoms with E-state index in [9.17, 15) is 4.79 Å².